The van der Waals surface area contributed by atoms with E-state index in [-0.39, 0.29) is 5.41 Å². The van der Waals surface area contributed by atoms with Crippen molar-refractivity contribution in [1.82, 2.24) is 0 Å². The largest absolute Gasteiger partial charge is 0.198 e. The Hall–Kier alpha value is -0.510. The van der Waals surface area contributed by atoms with E-state index in [1.54, 1.807) is 0 Å². The van der Waals surface area contributed by atoms with Gasteiger partial charge >= 0.3 is 0 Å². The highest BCUT2D eigenvalue weighted by Crippen LogP contribution is 2.52. The highest BCUT2D eigenvalue weighted by Gasteiger charge is 2.44. The summed E-state index contributed by atoms with van der Waals surface area (Å²) in [4.78, 5) is 0. The van der Waals surface area contributed by atoms with Gasteiger partial charge in [-0.05, 0) is 93.8 Å². The Labute approximate surface area is 157 Å². The van der Waals surface area contributed by atoms with Gasteiger partial charge in [0.2, 0.25) is 0 Å². The molecule has 3 saturated carbocycles. The molecule has 0 bridgehead atoms. The molecular weight excluding hydrogens is 302 g/mol. The van der Waals surface area contributed by atoms with Crippen molar-refractivity contribution in [2.24, 2.45) is 35.0 Å². The average Bonchev–Trinajstić information content (AvgIpc) is 2.69. The second-order valence-electron chi connectivity index (χ2n) is 9.80. The van der Waals surface area contributed by atoms with E-state index in [9.17, 15) is 5.26 Å². The molecule has 0 radical (unpaired) electrons. The van der Waals surface area contributed by atoms with E-state index in [4.69, 9.17) is 0 Å². The zero-order chi connectivity index (χ0) is 17.7. The number of hydrogen-bond donors (Lipinski definition) is 0. The van der Waals surface area contributed by atoms with Crippen LogP contribution in [0.25, 0.3) is 0 Å². The number of nitrogens with zero attached hydrogens (tertiary/aromatic N) is 1. The third-order valence-corrected chi connectivity index (χ3v) is 8.61. The van der Waals surface area contributed by atoms with Crippen molar-refractivity contribution in [2.75, 3.05) is 0 Å². The van der Waals surface area contributed by atoms with E-state index in [1.807, 2.05) is 0 Å². The lowest BCUT2D eigenvalue weighted by atomic mass is 9.58. The fourth-order valence-corrected chi connectivity index (χ4v) is 6.71. The van der Waals surface area contributed by atoms with Crippen LogP contribution in [0, 0.1) is 46.3 Å². The van der Waals surface area contributed by atoms with Crippen LogP contribution in [0.4, 0.5) is 0 Å². The van der Waals surface area contributed by atoms with Crippen LogP contribution in [0.1, 0.15) is 110 Å². The summed E-state index contributed by atoms with van der Waals surface area (Å²) >= 11 is 0. The Morgan fingerprint density at radius 3 is 1.80 bits per heavy atom. The van der Waals surface area contributed by atoms with Gasteiger partial charge in [0.1, 0.15) is 0 Å². The minimum absolute atomic E-state index is 0.0510. The lowest BCUT2D eigenvalue weighted by Crippen LogP contribution is -2.37. The van der Waals surface area contributed by atoms with Crippen LogP contribution in [0.3, 0.4) is 0 Å². The molecule has 0 unspecified atom stereocenters. The first-order valence-corrected chi connectivity index (χ1v) is 11.6. The number of hydrogen-bond acceptors (Lipinski definition) is 1. The Morgan fingerprint density at radius 2 is 1.32 bits per heavy atom. The second-order valence-corrected chi connectivity index (χ2v) is 9.80. The van der Waals surface area contributed by atoms with E-state index in [1.165, 1.54) is 96.3 Å². The smallest absolute Gasteiger partial charge is 0.0692 e. The van der Waals surface area contributed by atoms with Gasteiger partial charge in [-0.3, -0.25) is 0 Å². The molecule has 0 aromatic heterocycles. The fourth-order valence-electron chi connectivity index (χ4n) is 6.71. The average molecular weight is 344 g/mol. The number of rotatable bonds is 5. The number of nitriles is 1. The van der Waals surface area contributed by atoms with Crippen LogP contribution in [0.2, 0.25) is 0 Å². The minimum Gasteiger partial charge on any atom is -0.198 e. The van der Waals surface area contributed by atoms with Gasteiger partial charge in [-0.1, -0.05) is 46.0 Å². The summed E-state index contributed by atoms with van der Waals surface area (Å²) in [6.07, 6.45) is 20.7. The molecule has 25 heavy (non-hydrogen) atoms. The van der Waals surface area contributed by atoms with E-state index in [0.717, 1.165) is 23.7 Å². The molecule has 0 spiro atoms. The first-order valence-electron chi connectivity index (χ1n) is 11.6. The third-order valence-electron chi connectivity index (χ3n) is 8.61. The van der Waals surface area contributed by atoms with Gasteiger partial charge < -0.3 is 0 Å². The van der Waals surface area contributed by atoms with Crippen LogP contribution < -0.4 is 0 Å². The van der Waals surface area contributed by atoms with Crippen molar-refractivity contribution in [3.8, 4) is 6.07 Å². The molecule has 0 atom stereocenters. The van der Waals surface area contributed by atoms with Crippen molar-refractivity contribution in [3.05, 3.63) is 0 Å². The van der Waals surface area contributed by atoms with Crippen LogP contribution in [-0.2, 0) is 0 Å². The van der Waals surface area contributed by atoms with Crippen LogP contribution in [-0.4, -0.2) is 0 Å². The van der Waals surface area contributed by atoms with Crippen LogP contribution >= 0.6 is 0 Å². The molecule has 0 N–H and O–H groups in total. The first-order chi connectivity index (χ1) is 12.2. The standard InChI is InChI=1S/C24H41N/c1-3-5-20-6-8-21(9-7-20)22-10-12-23(13-11-22)24(18-25)16-14-19(4-2)15-17-24/h19-23H,3-17H2,1-2H3/t19-,20-,21-,22-,23+,24+. The van der Waals surface area contributed by atoms with E-state index in [2.05, 4.69) is 19.9 Å². The molecule has 3 aliphatic carbocycles. The van der Waals surface area contributed by atoms with Gasteiger partial charge in [-0.15, -0.1) is 0 Å². The molecule has 3 rings (SSSR count). The molecule has 3 aliphatic rings. The summed E-state index contributed by atoms with van der Waals surface area (Å²) in [5, 5.41) is 10.00. The van der Waals surface area contributed by atoms with Crippen molar-refractivity contribution >= 4 is 0 Å². The fraction of sp³-hybridized carbons (Fsp3) is 0.958. The summed E-state index contributed by atoms with van der Waals surface area (Å²) in [6, 6.07) is 2.85. The van der Waals surface area contributed by atoms with Gasteiger partial charge in [0.15, 0.2) is 0 Å². The summed E-state index contributed by atoms with van der Waals surface area (Å²) in [7, 11) is 0. The summed E-state index contributed by atoms with van der Waals surface area (Å²) < 4.78 is 0. The monoisotopic (exact) mass is 343 g/mol. The zero-order valence-corrected chi connectivity index (χ0v) is 16.9. The lowest BCUT2D eigenvalue weighted by molar-refractivity contribution is 0.0657. The summed E-state index contributed by atoms with van der Waals surface area (Å²) in [5.74, 6) is 4.65. The van der Waals surface area contributed by atoms with Crippen molar-refractivity contribution in [1.29, 1.82) is 5.26 Å². The summed E-state index contributed by atoms with van der Waals surface area (Å²) in [6.45, 7) is 4.66. The predicted octanol–water partition coefficient (Wildman–Crippen LogP) is 7.51. The quantitative estimate of drug-likeness (QED) is 0.506. The second kappa shape index (κ2) is 8.92. The molecule has 142 valence electrons. The van der Waals surface area contributed by atoms with Crippen molar-refractivity contribution < 1.29 is 0 Å². The Morgan fingerprint density at radius 1 is 0.760 bits per heavy atom. The molecule has 0 aromatic rings. The van der Waals surface area contributed by atoms with Gasteiger partial charge in [0.05, 0.1) is 11.5 Å². The molecule has 0 saturated heterocycles. The maximum Gasteiger partial charge on any atom is 0.0692 e. The normalized spacial score (nSPS) is 42.7. The predicted molar refractivity (Wildman–Crippen MR) is 106 cm³/mol. The molecular formula is C24H41N. The minimum atomic E-state index is 0.0510. The zero-order valence-electron chi connectivity index (χ0n) is 16.9. The maximum absolute atomic E-state index is 10.00. The van der Waals surface area contributed by atoms with Crippen molar-refractivity contribution in [2.45, 2.75) is 110 Å². The van der Waals surface area contributed by atoms with E-state index < -0.39 is 0 Å². The molecule has 1 heteroatoms. The SMILES string of the molecule is CCC[C@H]1CC[C@H]([C@H]2CC[C@@H]([C@]3(C#N)CC[C@H](CC)CC3)CC2)CC1. The molecule has 0 aromatic carbocycles. The van der Waals surface area contributed by atoms with Gasteiger partial charge in [-0.2, -0.15) is 5.26 Å². The lowest BCUT2D eigenvalue weighted by Gasteiger charge is -2.45. The molecule has 1 nitrogen and oxygen atoms in total. The molecule has 0 heterocycles. The maximum atomic E-state index is 10.00. The van der Waals surface area contributed by atoms with Gasteiger partial charge in [-0.25, -0.2) is 0 Å². The van der Waals surface area contributed by atoms with E-state index in [0.29, 0.717) is 5.92 Å². The van der Waals surface area contributed by atoms with Crippen LogP contribution in [0.5, 0.6) is 0 Å². The highest BCUT2D eigenvalue weighted by atomic mass is 14.5. The highest BCUT2D eigenvalue weighted by molar-refractivity contribution is 5.06. The first kappa shape index (κ1) is 19.3. The van der Waals surface area contributed by atoms with Crippen molar-refractivity contribution in [3.63, 3.8) is 0 Å². The Balaban J connectivity index is 1.48. The Kier molecular flexibility index (Phi) is 6.87. The third kappa shape index (κ3) is 4.43. The summed E-state index contributed by atoms with van der Waals surface area (Å²) in [5.41, 5.74) is 0.0510. The molecule has 0 amide bonds. The van der Waals surface area contributed by atoms with Gasteiger partial charge in [0.25, 0.3) is 0 Å². The van der Waals surface area contributed by atoms with Gasteiger partial charge in [0, 0.05) is 0 Å². The topological polar surface area (TPSA) is 23.8 Å². The van der Waals surface area contributed by atoms with Crippen LogP contribution in [0.15, 0.2) is 0 Å². The van der Waals surface area contributed by atoms with E-state index >= 15 is 0 Å². The molecule has 0 aliphatic heterocycles. The Bertz CT molecular complexity index is 424. The molecule has 3 fully saturated rings.